The Hall–Kier alpha value is -2.06. The Morgan fingerprint density at radius 2 is 1.86 bits per heavy atom. The predicted octanol–water partition coefficient (Wildman–Crippen LogP) is 3.74. The van der Waals surface area contributed by atoms with Crippen LogP contribution in [0.15, 0.2) is 46.0 Å². The Bertz CT molecular complexity index is 891. The van der Waals surface area contributed by atoms with Crippen molar-refractivity contribution in [2.75, 3.05) is 25.0 Å². The van der Waals surface area contributed by atoms with E-state index in [0.717, 1.165) is 37.0 Å². The SMILES string of the molecule is COc1ccccc1N(CC(=O)N(C)C1CCCCC1)S(=O)(=O)c1cccs1. The van der Waals surface area contributed by atoms with Gasteiger partial charge in [0.1, 0.15) is 16.5 Å². The summed E-state index contributed by atoms with van der Waals surface area (Å²) < 4.78 is 33.3. The Labute approximate surface area is 170 Å². The average Bonchev–Trinajstić information content (AvgIpc) is 3.27. The monoisotopic (exact) mass is 422 g/mol. The molecule has 0 unspecified atom stereocenters. The first-order chi connectivity index (χ1) is 13.4. The molecule has 1 saturated carbocycles. The van der Waals surface area contributed by atoms with Crippen molar-refractivity contribution in [3.63, 3.8) is 0 Å². The zero-order valence-electron chi connectivity index (χ0n) is 16.2. The fourth-order valence-corrected chi connectivity index (χ4v) is 6.09. The van der Waals surface area contributed by atoms with Crippen molar-refractivity contribution in [3.8, 4) is 5.75 Å². The third-order valence-corrected chi connectivity index (χ3v) is 8.32. The molecule has 6 nitrogen and oxygen atoms in total. The maximum atomic E-state index is 13.3. The Morgan fingerprint density at radius 1 is 1.14 bits per heavy atom. The van der Waals surface area contributed by atoms with Gasteiger partial charge in [0.05, 0.1) is 12.8 Å². The summed E-state index contributed by atoms with van der Waals surface area (Å²) in [6.07, 6.45) is 5.33. The van der Waals surface area contributed by atoms with E-state index in [2.05, 4.69) is 0 Å². The molecule has 1 aromatic heterocycles. The predicted molar refractivity (Wildman–Crippen MR) is 111 cm³/mol. The number of para-hydroxylation sites is 2. The number of sulfonamides is 1. The van der Waals surface area contributed by atoms with Gasteiger partial charge in [-0.15, -0.1) is 11.3 Å². The van der Waals surface area contributed by atoms with Gasteiger partial charge in [-0.05, 0) is 36.4 Å². The quantitative estimate of drug-likeness (QED) is 0.682. The van der Waals surface area contributed by atoms with Crippen molar-refractivity contribution in [1.82, 2.24) is 4.90 Å². The average molecular weight is 423 g/mol. The maximum absolute atomic E-state index is 13.3. The Balaban J connectivity index is 1.93. The number of hydrogen-bond donors (Lipinski definition) is 0. The largest absolute Gasteiger partial charge is 0.495 e. The van der Waals surface area contributed by atoms with Crippen LogP contribution >= 0.6 is 11.3 Å². The van der Waals surface area contributed by atoms with Crippen LogP contribution in [-0.4, -0.2) is 46.0 Å². The highest BCUT2D eigenvalue weighted by molar-refractivity contribution is 7.94. The minimum atomic E-state index is -3.88. The van der Waals surface area contributed by atoms with Crippen LogP contribution in [0.1, 0.15) is 32.1 Å². The highest BCUT2D eigenvalue weighted by Gasteiger charge is 2.32. The molecule has 0 saturated heterocycles. The highest BCUT2D eigenvalue weighted by atomic mass is 32.2. The van der Waals surface area contributed by atoms with Crippen LogP contribution in [-0.2, 0) is 14.8 Å². The molecule has 28 heavy (non-hydrogen) atoms. The van der Waals surface area contributed by atoms with E-state index in [9.17, 15) is 13.2 Å². The van der Waals surface area contributed by atoms with E-state index >= 15 is 0 Å². The van der Waals surface area contributed by atoms with Gasteiger partial charge in [-0.1, -0.05) is 37.5 Å². The normalized spacial score (nSPS) is 15.2. The molecule has 1 aliphatic rings. The van der Waals surface area contributed by atoms with Crippen LogP contribution in [0.5, 0.6) is 5.75 Å². The summed E-state index contributed by atoms with van der Waals surface area (Å²) in [7, 11) is -0.613. The number of hydrogen-bond acceptors (Lipinski definition) is 5. The standard InChI is InChI=1S/C20H26N2O4S2/c1-21(16-9-4-3-5-10-16)19(23)15-22(17-11-6-7-12-18(17)26-2)28(24,25)20-13-8-14-27-20/h6-8,11-14,16H,3-5,9-10,15H2,1-2H3. The molecule has 0 radical (unpaired) electrons. The molecule has 1 fully saturated rings. The van der Waals surface area contributed by atoms with Crippen LogP contribution in [0.4, 0.5) is 5.69 Å². The van der Waals surface area contributed by atoms with E-state index in [1.165, 1.54) is 17.8 Å². The van der Waals surface area contributed by atoms with E-state index in [1.54, 1.807) is 53.7 Å². The number of rotatable bonds is 7. The van der Waals surface area contributed by atoms with Crippen molar-refractivity contribution >= 4 is 33.0 Å². The van der Waals surface area contributed by atoms with E-state index in [4.69, 9.17) is 4.74 Å². The van der Waals surface area contributed by atoms with E-state index < -0.39 is 10.0 Å². The summed E-state index contributed by atoms with van der Waals surface area (Å²) in [5, 5.41) is 1.71. The van der Waals surface area contributed by atoms with E-state index in [1.807, 2.05) is 0 Å². The number of carbonyl (C=O) groups excluding carboxylic acids is 1. The lowest BCUT2D eigenvalue weighted by Crippen LogP contribution is -2.45. The number of nitrogens with zero attached hydrogens (tertiary/aromatic N) is 2. The van der Waals surface area contributed by atoms with Gasteiger partial charge >= 0.3 is 0 Å². The molecule has 1 aromatic carbocycles. The molecule has 0 aliphatic heterocycles. The number of benzene rings is 1. The van der Waals surface area contributed by atoms with Gasteiger partial charge in [0.2, 0.25) is 5.91 Å². The van der Waals surface area contributed by atoms with Crippen LogP contribution < -0.4 is 9.04 Å². The first-order valence-corrected chi connectivity index (χ1v) is 11.7. The van der Waals surface area contributed by atoms with Crippen LogP contribution in [0.2, 0.25) is 0 Å². The van der Waals surface area contributed by atoms with Crippen LogP contribution in [0, 0.1) is 0 Å². The lowest BCUT2D eigenvalue weighted by atomic mass is 9.94. The van der Waals surface area contributed by atoms with Gasteiger partial charge in [0.15, 0.2) is 0 Å². The molecule has 2 aromatic rings. The minimum absolute atomic E-state index is 0.171. The number of thiophene rings is 1. The summed E-state index contributed by atoms with van der Waals surface area (Å²) in [5.74, 6) is 0.202. The second-order valence-corrected chi connectivity index (χ2v) is 9.95. The molecular formula is C20H26N2O4S2. The van der Waals surface area contributed by atoms with E-state index in [-0.39, 0.29) is 22.7 Å². The van der Waals surface area contributed by atoms with Crippen LogP contribution in [0.3, 0.4) is 0 Å². The second-order valence-electron chi connectivity index (χ2n) is 6.91. The van der Waals surface area contributed by atoms with Crippen molar-refractivity contribution in [1.29, 1.82) is 0 Å². The second kappa shape index (κ2) is 8.96. The molecule has 1 aliphatic carbocycles. The molecule has 1 heterocycles. The third kappa shape index (κ3) is 4.33. The highest BCUT2D eigenvalue weighted by Crippen LogP contribution is 2.33. The smallest absolute Gasteiger partial charge is 0.274 e. The third-order valence-electron chi connectivity index (χ3n) is 5.19. The fraction of sp³-hybridized carbons (Fsp3) is 0.450. The summed E-state index contributed by atoms with van der Waals surface area (Å²) in [6, 6.07) is 10.3. The first-order valence-electron chi connectivity index (χ1n) is 9.40. The van der Waals surface area contributed by atoms with E-state index in [0.29, 0.717) is 11.4 Å². The summed E-state index contributed by atoms with van der Waals surface area (Å²) >= 11 is 1.13. The zero-order valence-corrected chi connectivity index (χ0v) is 17.8. The summed E-state index contributed by atoms with van der Waals surface area (Å²) in [4.78, 5) is 14.7. The lowest BCUT2D eigenvalue weighted by Gasteiger charge is -2.33. The number of anilines is 1. The molecule has 1 amide bonds. The Kier molecular flexibility index (Phi) is 6.61. The molecule has 3 rings (SSSR count). The summed E-state index contributed by atoms with van der Waals surface area (Å²) in [6.45, 7) is -0.256. The summed E-state index contributed by atoms with van der Waals surface area (Å²) in [5.41, 5.74) is 0.365. The molecule has 0 bridgehead atoms. The lowest BCUT2D eigenvalue weighted by molar-refractivity contribution is -0.130. The van der Waals surface area contributed by atoms with Crippen LogP contribution in [0.25, 0.3) is 0 Å². The maximum Gasteiger partial charge on any atom is 0.274 e. The van der Waals surface area contributed by atoms with Crippen molar-refractivity contribution in [2.24, 2.45) is 0 Å². The molecule has 0 N–H and O–H groups in total. The molecule has 152 valence electrons. The number of ether oxygens (including phenoxy) is 1. The number of likely N-dealkylation sites (N-methyl/N-ethyl adjacent to an activating group) is 1. The van der Waals surface area contributed by atoms with Gasteiger partial charge in [-0.25, -0.2) is 8.42 Å². The minimum Gasteiger partial charge on any atom is -0.495 e. The van der Waals surface area contributed by atoms with Gasteiger partial charge < -0.3 is 9.64 Å². The molecule has 0 atom stereocenters. The van der Waals surface area contributed by atoms with Crippen molar-refractivity contribution in [3.05, 3.63) is 41.8 Å². The van der Waals surface area contributed by atoms with Crippen molar-refractivity contribution < 1.29 is 17.9 Å². The first kappa shape index (κ1) is 20.7. The Morgan fingerprint density at radius 3 is 2.50 bits per heavy atom. The zero-order chi connectivity index (χ0) is 20.1. The van der Waals surface area contributed by atoms with Gasteiger partial charge in [-0.2, -0.15) is 0 Å². The molecular weight excluding hydrogens is 396 g/mol. The van der Waals surface area contributed by atoms with Gasteiger partial charge in [-0.3, -0.25) is 9.10 Å². The van der Waals surface area contributed by atoms with Crippen molar-refractivity contribution in [2.45, 2.75) is 42.4 Å². The number of methoxy groups -OCH3 is 1. The molecule has 0 spiro atoms. The van der Waals surface area contributed by atoms with Gasteiger partial charge in [0, 0.05) is 13.1 Å². The number of amides is 1. The fourth-order valence-electron chi connectivity index (χ4n) is 3.56. The molecule has 8 heteroatoms. The van der Waals surface area contributed by atoms with Gasteiger partial charge in [0.25, 0.3) is 10.0 Å². The topological polar surface area (TPSA) is 66.9 Å². The number of carbonyl (C=O) groups is 1.